The van der Waals surface area contributed by atoms with Gasteiger partial charge in [0, 0.05) is 6.42 Å². The molecule has 0 radical (unpaired) electrons. The zero-order chi connectivity index (χ0) is 11.6. The molecule has 3 nitrogen and oxygen atoms in total. The summed E-state index contributed by atoms with van der Waals surface area (Å²) in [5.41, 5.74) is 0. The summed E-state index contributed by atoms with van der Waals surface area (Å²) in [6.45, 7) is 10.3. The van der Waals surface area contributed by atoms with Crippen LogP contribution < -0.4 is 0 Å². The average molecular weight is 218 g/mol. The van der Waals surface area contributed by atoms with Gasteiger partial charge in [-0.2, -0.15) is 0 Å². The summed E-state index contributed by atoms with van der Waals surface area (Å²) in [5, 5.41) is 0. The third kappa shape index (κ3) is 6.13. The van der Waals surface area contributed by atoms with Gasteiger partial charge in [-0.3, -0.25) is 0 Å². The van der Waals surface area contributed by atoms with Gasteiger partial charge < -0.3 is 14.2 Å². The van der Waals surface area contributed by atoms with Crippen LogP contribution in [0.5, 0.6) is 0 Å². The largest absolute Gasteiger partial charge is 0.327 e. The molecule has 0 bridgehead atoms. The van der Waals surface area contributed by atoms with Gasteiger partial charge in [-0.25, -0.2) is 0 Å². The first kappa shape index (κ1) is 14.9. The molecule has 0 unspecified atom stereocenters. The summed E-state index contributed by atoms with van der Waals surface area (Å²) in [6, 6.07) is 0. The molecule has 0 spiro atoms. The van der Waals surface area contributed by atoms with Gasteiger partial charge in [0.1, 0.15) is 0 Å². The Hall–Kier alpha value is -0.120. The van der Waals surface area contributed by atoms with Crippen molar-refractivity contribution < 1.29 is 14.2 Å². The molecule has 0 saturated heterocycles. The molecule has 0 fully saturated rings. The fraction of sp³-hybridized carbons (Fsp3) is 1.00. The van der Waals surface area contributed by atoms with Crippen LogP contribution in [-0.4, -0.2) is 25.8 Å². The van der Waals surface area contributed by atoms with Crippen LogP contribution in [0, 0.1) is 0 Å². The SMILES string of the molecule is CCCOC(CC)(OCCC)OCCC. The minimum absolute atomic E-state index is 0.682. The third-order valence-corrected chi connectivity index (χ3v) is 2.01. The molecule has 3 heteroatoms. The van der Waals surface area contributed by atoms with Gasteiger partial charge in [-0.15, -0.1) is 0 Å². The van der Waals surface area contributed by atoms with Gasteiger partial charge in [-0.1, -0.05) is 27.7 Å². The molecule has 0 aliphatic carbocycles. The monoisotopic (exact) mass is 218 g/mol. The normalized spacial score (nSPS) is 12.0. The van der Waals surface area contributed by atoms with Crippen LogP contribution in [0.15, 0.2) is 0 Å². The van der Waals surface area contributed by atoms with Crippen LogP contribution in [-0.2, 0) is 14.2 Å². The Morgan fingerprint density at radius 2 is 1.00 bits per heavy atom. The van der Waals surface area contributed by atoms with Gasteiger partial charge >= 0.3 is 0 Å². The van der Waals surface area contributed by atoms with Crippen LogP contribution >= 0.6 is 0 Å². The van der Waals surface area contributed by atoms with Crippen LogP contribution in [0.3, 0.4) is 0 Å². The Bertz CT molecular complexity index is 115. The Morgan fingerprint density at radius 1 is 0.667 bits per heavy atom. The van der Waals surface area contributed by atoms with Crippen molar-refractivity contribution in [2.45, 2.75) is 59.4 Å². The zero-order valence-corrected chi connectivity index (χ0v) is 10.7. The maximum absolute atomic E-state index is 5.69. The van der Waals surface area contributed by atoms with Crippen molar-refractivity contribution >= 4 is 0 Å². The molecule has 15 heavy (non-hydrogen) atoms. The molecule has 0 rings (SSSR count). The molecular formula is C12H26O3. The Morgan fingerprint density at radius 3 is 1.20 bits per heavy atom. The molecule has 0 N–H and O–H groups in total. The van der Waals surface area contributed by atoms with Crippen LogP contribution in [0.4, 0.5) is 0 Å². The van der Waals surface area contributed by atoms with Gasteiger partial charge in [0.15, 0.2) is 0 Å². The van der Waals surface area contributed by atoms with E-state index in [9.17, 15) is 0 Å². The van der Waals surface area contributed by atoms with Crippen molar-refractivity contribution in [3.05, 3.63) is 0 Å². The van der Waals surface area contributed by atoms with E-state index in [1.807, 2.05) is 6.92 Å². The fourth-order valence-electron chi connectivity index (χ4n) is 1.20. The third-order valence-electron chi connectivity index (χ3n) is 2.01. The van der Waals surface area contributed by atoms with E-state index in [1.165, 1.54) is 0 Å². The van der Waals surface area contributed by atoms with E-state index in [0.29, 0.717) is 19.8 Å². The Balaban J connectivity index is 4.16. The maximum atomic E-state index is 5.69. The van der Waals surface area contributed by atoms with Crippen molar-refractivity contribution in [3.8, 4) is 0 Å². The van der Waals surface area contributed by atoms with Crippen molar-refractivity contribution in [3.63, 3.8) is 0 Å². The fourth-order valence-corrected chi connectivity index (χ4v) is 1.20. The summed E-state index contributed by atoms with van der Waals surface area (Å²) in [6.07, 6.45) is 3.67. The zero-order valence-electron chi connectivity index (χ0n) is 10.7. The van der Waals surface area contributed by atoms with Crippen LogP contribution in [0.25, 0.3) is 0 Å². The lowest BCUT2D eigenvalue weighted by Crippen LogP contribution is -2.39. The second-order valence-electron chi connectivity index (χ2n) is 3.58. The molecule has 0 aromatic carbocycles. The van der Waals surface area contributed by atoms with E-state index in [1.54, 1.807) is 0 Å². The molecule has 0 aliphatic heterocycles. The number of ether oxygens (including phenoxy) is 3. The van der Waals surface area contributed by atoms with Crippen molar-refractivity contribution in [1.82, 2.24) is 0 Å². The summed E-state index contributed by atoms with van der Waals surface area (Å²) in [4.78, 5) is 0. The first-order valence-corrected chi connectivity index (χ1v) is 6.16. The van der Waals surface area contributed by atoms with E-state index in [-0.39, 0.29) is 0 Å². The number of hydrogen-bond acceptors (Lipinski definition) is 3. The average Bonchev–Trinajstić information content (AvgIpc) is 2.29. The Kier molecular flexibility index (Phi) is 9.06. The van der Waals surface area contributed by atoms with E-state index in [4.69, 9.17) is 14.2 Å². The first-order valence-electron chi connectivity index (χ1n) is 6.16. The minimum atomic E-state index is -0.804. The lowest BCUT2D eigenvalue weighted by molar-refractivity contribution is -0.381. The standard InChI is InChI=1S/C12H26O3/c1-5-9-13-12(8-4,14-10-6-2)15-11-7-3/h5-11H2,1-4H3. The smallest absolute Gasteiger partial charge is 0.282 e. The van der Waals surface area contributed by atoms with Gasteiger partial charge in [0.2, 0.25) is 0 Å². The predicted molar refractivity (Wildman–Crippen MR) is 61.8 cm³/mol. The lowest BCUT2D eigenvalue weighted by atomic mass is 10.4. The lowest BCUT2D eigenvalue weighted by Gasteiger charge is -2.32. The van der Waals surface area contributed by atoms with Gasteiger partial charge in [0.05, 0.1) is 19.8 Å². The molecule has 0 aromatic heterocycles. The molecule has 0 atom stereocenters. The quantitative estimate of drug-likeness (QED) is 0.526. The number of hydrogen-bond donors (Lipinski definition) is 0. The molecule has 0 aromatic rings. The van der Waals surface area contributed by atoms with Gasteiger partial charge in [-0.05, 0) is 19.3 Å². The van der Waals surface area contributed by atoms with Crippen molar-refractivity contribution in [2.24, 2.45) is 0 Å². The molecule has 0 heterocycles. The highest BCUT2D eigenvalue weighted by Crippen LogP contribution is 2.21. The highest BCUT2D eigenvalue weighted by atomic mass is 16.9. The molecular weight excluding hydrogens is 192 g/mol. The number of rotatable bonds is 10. The summed E-state index contributed by atoms with van der Waals surface area (Å²) < 4.78 is 17.1. The van der Waals surface area contributed by atoms with E-state index in [0.717, 1.165) is 25.7 Å². The van der Waals surface area contributed by atoms with E-state index in [2.05, 4.69) is 20.8 Å². The summed E-state index contributed by atoms with van der Waals surface area (Å²) in [5.74, 6) is -0.804. The maximum Gasteiger partial charge on any atom is 0.282 e. The highest BCUT2D eigenvalue weighted by molar-refractivity contribution is 4.55. The second kappa shape index (κ2) is 9.13. The van der Waals surface area contributed by atoms with E-state index >= 15 is 0 Å². The highest BCUT2D eigenvalue weighted by Gasteiger charge is 2.30. The summed E-state index contributed by atoms with van der Waals surface area (Å²) >= 11 is 0. The molecule has 92 valence electrons. The summed E-state index contributed by atoms with van der Waals surface area (Å²) in [7, 11) is 0. The second-order valence-corrected chi connectivity index (χ2v) is 3.58. The first-order chi connectivity index (χ1) is 7.24. The minimum Gasteiger partial charge on any atom is -0.327 e. The van der Waals surface area contributed by atoms with Crippen molar-refractivity contribution in [2.75, 3.05) is 19.8 Å². The Labute approximate surface area is 94.1 Å². The van der Waals surface area contributed by atoms with Crippen molar-refractivity contribution in [1.29, 1.82) is 0 Å². The molecule has 0 amide bonds. The topological polar surface area (TPSA) is 27.7 Å². The molecule has 0 aliphatic rings. The molecule has 0 saturated carbocycles. The van der Waals surface area contributed by atoms with Crippen LogP contribution in [0.1, 0.15) is 53.4 Å². The van der Waals surface area contributed by atoms with Gasteiger partial charge in [0.25, 0.3) is 5.97 Å². The predicted octanol–water partition coefficient (Wildman–Crippen LogP) is 3.33. The van der Waals surface area contributed by atoms with Crippen LogP contribution in [0.2, 0.25) is 0 Å². The van der Waals surface area contributed by atoms with E-state index < -0.39 is 5.97 Å².